The molecule has 0 spiro atoms. The molecule has 2 fully saturated rings. The Morgan fingerprint density at radius 1 is 1.15 bits per heavy atom. The van der Waals surface area contributed by atoms with Gasteiger partial charge in [-0.2, -0.15) is 0 Å². The lowest BCUT2D eigenvalue weighted by molar-refractivity contribution is -0.122. The van der Waals surface area contributed by atoms with Crippen LogP contribution in [0, 0.1) is 0 Å². The van der Waals surface area contributed by atoms with Crippen molar-refractivity contribution >= 4 is 33.4 Å². The molecule has 0 saturated carbocycles. The van der Waals surface area contributed by atoms with E-state index in [9.17, 15) is 9.59 Å². The van der Waals surface area contributed by atoms with E-state index in [1.807, 2.05) is 35.2 Å². The fourth-order valence-electron chi connectivity index (χ4n) is 3.45. The van der Waals surface area contributed by atoms with Gasteiger partial charge in [0.25, 0.3) is 0 Å². The van der Waals surface area contributed by atoms with Crippen molar-refractivity contribution < 1.29 is 9.59 Å². The summed E-state index contributed by atoms with van der Waals surface area (Å²) >= 11 is 1.40. The normalized spacial score (nSPS) is 20.0. The Morgan fingerprint density at radius 2 is 1.96 bits per heavy atom. The van der Waals surface area contributed by atoms with Crippen LogP contribution >= 0.6 is 11.3 Å². The summed E-state index contributed by atoms with van der Waals surface area (Å²) in [6.07, 6.45) is 3.18. The SMILES string of the molecule is O=C(NCc1ccccc1)[C@@H]1CCCN1c1nnc(N2CCCC2=O)s1. The molecule has 1 N–H and O–H groups in total. The third kappa shape index (κ3) is 3.41. The minimum Gasteiger partial charge on any atom is -0.350 e. The van der Waals surface area contributed by atoms with Crippen LogP contribution in [0.2, 0.25) is 0 Å². The molecule has 0 aliphatic carbocycles. The molecule has 7 nitrogen and oxygen atoms in total. The quantitative estimate of drug-likeness (QED) is 0.869. The van der Waals surface area contributed by atoms with Crippen molar-refractivity contribution in [2.75, 3.05) is 22.9 Å². The second-order valence-electron chi connectivity index (χ2n) is 6.57. The number of benzene rings is 1. The van der Waals surface area contributed by atoms with Gasteiger partial charge in [-0.05, 0) is 24.8 Å². The molecule has 2 aliphatic rings. The summed E-state index contributed by atoms with van der Waals surface area (Å²) in [7, 11) is 0. The summed E-state index contributed by atoms with van der Waals surface area (Å²) in [5.41, 5.74) is 1.08. The lowest BCUT2D eigenvalue weighted by Crippen LogP contribution is -2.43. The third-order valence-corrected chi connectivity index (χ3v) is 5.80. The van der Waals surface area contributed by atoms with Gasteiger partial charge in [0.2, 0.25) is 22.1 Å². The molecule has 2 amide bonds. The van der Waals surface area contributed by atoms with E-state index in [-0.39, 0.29) is 17.9 Å². The van der Waals surface area contributed by atoms with E-state index >= 15 is 0 Å². The topological polar surface area (TPSA) is 78.4 Å². The maximum Gasteiger partial charge on any atom is 0.243 e. The Morgan fingerprint density at radius 3 is 2.73 bits per heavy atom. The molecule has 2 aliphatic heterocycles. The summed E-state index contributed by atoms with van der Waals surface area (Å²) in [6.45, 7) is 2.01. The zero-order valence-corrected chi connectivity index (χ0v) is 15.2. The molecule has 1 aromatic heterocycles. The number of nitrogens with one attached hydrogen (secondary N) is 1. The van der Waals surface area contributed by atoms with Crippen LogP contribution in [0.4, 0.5) is 10.3 Å². The fourth-order valence-corrected chi connectivity index (χ4v) is 4.42. The molecule has 136 valence electrons. The van der Waals surface area contributed by atoms with Crippen LogP contribution in [-0.4, -0.2) is 41.1 Å². The number of anilines is 2. The van der Waals surface area contributed by atoms with E-state index in [4.69, 9.17) is 0 Å². The van der Waals surface area contributed by atoms with Crippen LogP contribution in [0.3, 0.4) is 0 Å². The Balaban J connectivity index is 1.42. The van der Waals surface area contributed by atoms with Crippen LogP contribution < -0.4 is 15.1 Å². The first kappa shape index (κ1) is 17.0. The van der Waals surface area contributed by atoms with Crippen molar-refractivity contribution in [2.45, 2.75) is 38.3 Å². The smallest absolute Gasteiger partial charge is 0.243 e. The van der Waals surface area contributed by atoms with Gasteiger partial charge in [-0.15, -0.1) is 10.2 Å². The second kappa shape index (κ2) is 7.41. The Kier molecular flexibility index (Phi) is 4.83. The van der Waals surface area contributed by atoms with Crippen molar-refractivity contribution in [2.24, 2.45) is 0 Å². The van der Waals surface area contributed by atoms with Crippen LogP contribution in [0.25, 0.3) is 0 Å². The summed E-state index contributed by atoms with van der Waals surface area (Å²) in [5, 5.41) is 12.8. The number of carbonyl (C=O) groups is 2. The Bertz CT molecular complexity index is 794. The van der Waals surface area contributed by atoms with Crippen molar-refractivity contribution in [1.29, 1.82) is 0 Å². The second-order valence-corrected chi connectivity index (χ2v) is 7.51. The molecule has 2 aromatic rings. The van der Waals surface area contributed by atoms with Crippen LogP contribution in [0.1, 0.15) is 31.2 Å². The monoisotopic (exact) mass is 371 g/mol. The van der Waals surface area contributed by atoms with E-state index in [0.29, 0.717) is 24.6 Å². The van der Waals surface area contributed by atoms with E-state index in [0.717, 1.165) is 36.5 Å². The molecule has 1 atom stereocenters. The van der Waals surface area contributed by atoms with Gasteiger partial charge in [0.05, 0.1) is 0 Å². The number of hydrogen-bond donors (Lipinski definition) is 1. The number of rotatable bonds is 5. The summed E-state index contributed by atoms with van der Waals surface area (Å²) in [6, 6.07) is 9.65. The van der Waals surface area contributed by atoms with Crippen LogP contribution in [0.15, 0.2) is 30.3 Å². The predicted octanol–water partition coefficient (Wildman–Crippen LogP) is 1.95. The Labute approximate surface area is 156 Å². The summed E-state index contributed by atoms with van der Waals surface area (Å²) in [5.74, 6) is 0.117. The van der Waals surface area contributed by atoms with Gasteiger partial charge in [0.15, 0.2) is 0 Å². The van der Waals surface area contributed by atoms with Crippen molar-refractivity contribution in [3.63, 3.8) is 0 Å². The molecule has 0 unspecified atom stereocenters. The number of amides is 2. The fraction of sp³-hybridized carbons (Fsp3) is 0.444. The number of hydrogen-bond acceptors (Lipinski definition) is 6. The number of nitrogens with zero attached hydrogens (tertiary/aromatic N) is 4. The molecule has 1 aromatic carbocycles. The van der Waals surface area contributed by atoms with E-state index in [1.54, 1.807) is 4.90 Å². The molecule has 3 heterocycles. The predicted molar refractivity (Wildman–Crippen MR) is 100 cm³/mol. The maximum atomic E-state index is 12.7. The average molecular weight is 371 g/mol. The molecular weight excluding hydrogens is 350 g/mol. The minimum absolute atomic E-state index is 0.0142. The molecule has 26 heavy (non-hydrogen) atoms. The highest BCUT2D eigenvalue weighted by Gasteiger charge is 2.34. The van der Waals surface area contributed by atoms with Gasteiger partial charge in [0.1, 0.15) is 6.04 Å². The Hall–Kier alpha value is -2.48. The molecule has 4 rings (SSSR count). The highest BCUT2D eigenvalue weighted by molar-refractivity contribution is 7.19. The zero-order chi connectivity index (χ0) is 17.9. The number of aromatic nitrogens is 2. The summed E-state index contributed by atoms with van der Waals surface area (Å²) < 4.78 is 0. The van der Waals surface area contributed by atoms with E-state index < -0.39 is 0 Å². The molecular formula is C18H21N5O2S. The van der Waals surface area contributed by atoms with E-state index in [2.05, 4.69) is 15.5 Å². The minimum atomic E-state index is -0.228. The van der Waals surface area contributed by atoms with Crippen molar-refractivity contribution in [3.8, 4) is 0 Å². The molecule has 8 heteroatoms. The molecule has 0 bridgehead atoms. The molecule has 0 radical (unpaired) electrons. The van der Waals surface area contributed by atoms with Gasteiger partial charge in [-0.25, -0.2) is 0 Å². The maximum absolute atomic E-state index is 12.7. The van der Waals surface area contributed by atoms with Crippen LogP contribution in [0.5, 0.6) is 0 Å². The van der Waals surface area contributed by atoms with E-state index in [1.165, 1.54) is 11.3 Å². The summed E-state index contributed by atoms with van der Waals surface area (Å²) in [4.78, 5) is 28.3. The lowest BCUT2D eigenvalue weighted by atomic mass is 10.2. The first-order valence-electron chi connectivity index (χ1n) is 8.94. The van der Waals surface area contributed by atoms with Crippen LogP contribution in [-0.2, 0) is 16.1 Å². The van der Waals surface area contributed by atoms with Gasteiger partial charge in [0, 0.05) is 26.1 Å². The number of carbonyl (C=O) groups excluding carboxylic acids is 2. The average Bonchev–Trinajstić information content (AvgIpc) is 3.40. The zero-order valence-electron chi connectivity index (χ0n) is 14.4. The molecule has 2 saturated heterocycles. The van der Waals surface area contributed by atoms with Gasteiger partial charge in [-0.1, -0.05) is 41.7 Å². The van der Waals surface area contributed by atoms with Gasteiger partial charge >= 0.3 is 0 Å². The first-order valence-corrected chi connectivity index (χ1v) is 9.76. The highest BCUT2D eigenvalue weighted by Crippen LogP contribution is 2.33. The van der Waals surface area contributed by atoms with Gasteiger partial charge < -0.3 is 10.2 Å². The third-order valence-electron chi connectivity index (χ3n) is 4.82. The largest absolute Gasteiger partial charge is 0.350 e. The first-order chi connectivity index (χ1) is 12.7. The lowest BCUT2D eigenvalue weighted by Gasteiger charge is -2.22. The highest BCUT2D eigenvalue weighted by atomic mass is 32.1. The van der Waals surface area contributed by atoms with Gasteiger partial charge in [-0.3, -0.25) is 14.5 Å². The standard InChI is InChI=1S/C18H21N5O2S/c24-15-9-5-11-23(15)18-21-20-17(26-18)22-10-4-8-14(22)16(25)19-12-13-6-2-1-3-7-13/h1-3,6-7,14H,4-5,8-12H2,(H,19,25)/t14-/m0/s1. The van der Waals surface area contributed by atoms with Crippen molar-refractivity contribution in [3.05, 3.63) is 35.9 Å². The van der Waals surface area contributed by atoms with Crippen molar-refractivity contribution in [1.82, 2.24) is 15.5 Å².